The summed E-state index contributed by atoms with van der Waals surface area (Å²) in [5, 5.41) is 3.75. The van der Waals surface area contributed by atoms with Crippen LogP contribution in [0.3, 0.4) is 0 Å². The molecule has 0 saturated heterocycles. The summed E-state index contributed by atoms with van der Waals surface area (Å²) < 4.78 is 30.8. The Morgan fingerprint density at radius 3 is 2.14 bits per heavy atom. The molecule has 0 radical (unpaired) electrons. The second-order valence-electron chi connectivity index (χ2n) is 4.47. The van der Waals surface area contributed by atoms with Gasteiger partial charge in [-0.25, -0.2) is 8.78 Å². The van der Waals surface area contributed by atoms with Gasteiger partial charge in [-0.05, 0) is 48.5 Å². The standard InChI is InChI=1S/C16H16F2N2O2/c17-13-4-2-12(3-5-13)16(19)20-22-11-1-10-21-15-8-6-14(18)7-9-15/h2-9H,1,10-11H2,(H2,19,20). The van der Waals surface area contributed by atoms with Gasteiger partial charge in [0, 0.05) is 12.0 Å². The summed E-state index contributed by atoms with van der Waals surface area (Å²) >= 11 is 0. The number of nitrogens with two attached hydrogens (primary N) is 1. The molecule has 0 unspecified atom stereocenters. The van der Waals surface area contributed by atoms with Gasteiger partial charge in [-0.1, -0.05) is 5.16 Å². The molecule has 0 aliphatic carbocycles. The molecule has 0 atom stereocenters. The van der Waals surface area contributed by atoms with Crippen LogP contribution in [0.25, 0.3) is 0 Å². The first kappa shape index (κ1) is 15.8. The van der Waals surface area contributed by atoms with Gasteiger partial charge in [0.05, 0.1) is 6.61 Å². The topological polar surface area (TPSA) is 56.8 Å². The number of hydrogen-bond acceptors (Lipinski definition) is 3. The number of rotatable bonds is 7. The molecule has 0 saturated carbocycles. The first-order valence-electron chi connectivity index (χ1n) is 6.75. The summed E-state index contributed by atoms with van der Waals surface area (Å²) in [4.78, 5) is 5.07. The van der Waals surface area contributed by atoms with Crippen LogP contribution in [-0.4, -0.2) is 19.0 Å². The van der Waals surface area contributed by atoms with Gasteiger partial charge in [0.2, 0.25) is 0 Å². The fourth-order valence-corrected chi connectivity index (χ4v) is 1.63. The second kappa shape index (κ2) is 7.97. The van der Waals surface area contributed by atoms with Crippen LogP contribution in [0.1, 0.15) is 12.0 Å². The van der Waals surface area contributed by atoms with Crippen molar-refractivity contribution < 1.29 is 18.4 Å². The number of benzene rings is 2. The SMILES string of the molecule is N/C(=N/OCCCOc1ccc(F)cc1)c1ccc(F)cc1. The van der Waals surface area contributed by atoms with E-state index in [0.717, 1.165) is 0 Å². The third kappa shape index (κ3) is 5.05. The fourth-order valence-electron chi connectivity index (χ4n) is 1.63. The molecule has 2 aromatic carbocycles. The summed E-state index contributed by atoms with van der Waals surface area (Å²) in [6.07, 6.45) is 0.595. The lowest BCUT2D eigenvalue weighted by molar-refractivity contribution is 0.127. The molecule has 22 heavy (non-hydrogen) atoms. The van der Waals surface area contributed by atoms with Gasteiger partial charge >= 0.3 is 0 Å². The third-order valence-corrected chi connectivity index (χ3v) is 2.77. The van der Waals surface area contributed by atoms with Crippen LogP contribution in [0.4, 0.5) is 8.78 Å². The largest absolute Gasteiger partial charge is 0.493 e. The van der Waals surface area contributed by atoms with E-state index in [-0.39, 0.29) is 17.5 Å². The van der Waals surface area contributed by atoms with Crippen molar-refractivity contribution in [3.8, 4) is 5.75 Å². The molecule has 2 aromatic rings. The van der Waals surface area contributed by atoms with Crippen molar-refractivity contribution in [2.45, 2.75) is 6.42 Å². The van der Waals surface area contributed by atoms with E-state index in [4.69, 9.17) is 15.3 Å². The maximum absolute atomic E-state index is 12.8. The van der Waals surface area contributed by atoms with E-state index in [1.807, 2.05) is 0 Å². The zero-order chi connectivity index (χ0) is 15.8. The Morgan fingerprint density at radius 2 is 1.50 bits per heavy atom. The van der Waals surface area contributed by atoms with Gasteiger partial charge in [-0.15, -0.1) is 0 Å². The van der Waals surface area contributed by atoms with E-state index in [9.17, 15) is 8.78 Å². The molecule has 2 rings (SSSR count). The molecule has 0 aliphatic rings. The summed E-state index contributed by atoms with van der Waals surface area (Å²) in [7, 11) is 0. The number of halogens is 2. The van der Waals surface area contributed by atoms with Gasteiger partial charge < -0.3 is 15.3 Å². The predicted molar refractivity (Wildman–Crippen MR) is 79.6 cm³/mol. The highest BCUT2D eigenvalue weighted by Crippen LogP contribution is 2.11. The summed E-state index contributed by atoms with van der Waals surface area (Å²) in [5.74, 6) is 0.131. The Labute approximate surface area is 127 Å². The molecule has 2 N–H and O–H groups in total. The number of hydrogen-bond donors (Lipinski definition) is 1. The second-order valence-corrected chi connectivity index (χ2v) is 4.47. The minimum absolute atomic E-state index is 0.180. The molecule has 6 heteroatoms. The molecule has 4 nitrogen and oxygen atoms in total. The monoisotopic (exact) mass is 306 g/mol. The Morgan fingerprint density at radius 1 is 0.909 bits per heavy atom. The summed E-state index contributed by atoms with van der Waals surface area (Å²) in [6, 6.07) is 11.4. The molecule has 0 fully saturated rings. The minimum Gasteiger partial charge on any atom is -0.493 e. The summed E-state index contributed by atoms with van der Waals surface area (Å²) in [5.41, 5.74) is 6.29. The zero-order valence-corrected chi connectivity index (χ0v) is 11.8. The first-order valence-corrected chi connectivity index (χ1v) is 6.75. The Kier molecular flexibility index (Phi) is 5.71. The van der Waals surface area contributed by atoms with E-state index in [0.29, 0.717) is 30.9 Å². The molecule has 0 bridgehead atoms. The smallest absolute Gasteiger partial charge is 0.170 e. The Hall–Kier alpha value is -2.63. The van der Waals surface area contributed by atoms with Crippen LogP contribution >= 0.6 is 0 Å². The van der Waals surface area contributed by atoms with Crippen LogP contribution < -0.4 is 10.5 Å². The van der Waals surface area contributed by atoms with Crippen molar-refractivity contribution in [3.63, 3.8) is 0 Å². The fraction of sp³-hybridized carbons (Fsp3) is 0.188. The lowest BCUT2D eigenvalue weighted by atomic mass is 10.2. The normalized spacial score (nSPS) is 11.3. The number of oxime groups is 1. The van der Waals surface area contributed by atoms with Crippen LogP contribution in [-0.2, 0) is 4.84 Å². The van der Waals surface area contributed by atoms with E-state index in [2.05, 4.69) is 5.16 Å². The molecule has 0 amide bonds. The van der Waals surface area contributed by atoms with E-state index in [1.165, 1.54) is 36.4 Å². The van der Waals surface area contributed by atoms with E-state index >= 15 is 0 Å². The maximum Gasteiger partial charge on any atom is 0.170 e. The van der Waals surface area contributed by atoms with Crippen molar-refractivity contribution in [1.82, 2.24) is 0 Å². The highest BCUT2D eigenvalue weighted by Gasteiger charge is 1.99. The van der Waals surface area contributed by atoms with Crippen molar-refractivity contribution in [3.05, 3.63) is 65.7 Å². The first-order chi connectivity index (χ1) is 10.6. The number of amidine groups is 1. The lowest BCUT2D eigenvalue weighted by Crippen LogP contribution is -2.14. The van der Waals surface area contributed by atoms with E-state index < -0.39 is 0 Å². The Bertz CT molecular complexity index is 613. The van der Waals surface area contributed by atoms with Gasteiger partial charge in [-0.3, -0.25) is 0 Å². The summed E-state index contributed by atoms with van der Waals surface area (Å²) in [6.45, 7) is 0.737. The highest BCUT2D eigenvalue weighted by molar-refractivity contribution is 5.96. The molecular weight excluding hydrogens is 290 g/mol. The molecular formula is C16H16F2N2O2. The molecule has 116 valence electrons. The average Bonchev–Trinajstić information content (AvgIpc) is 2.53. The third-order valence-electron chi connectivity index (χ3n) is 2.77. The van der Waals surface area contributed by atoms with Crippen molar-refractivity contribution in [2.24, 2.45) is 10.9 Å². The predicted octanol–water partition coefficient (Wildman–Crippen LogP) is 3.07. The van der Waals surface area contributed by atoms with E-state index in [1.54, 1.807) is 12.1 Å². The van der Waals surface area contributed by atoms with Gasteiger partial charge in [0.1, 0.15) is 24.0 Å². The number of ether oxygens (including phenoxy) is 1. The maximum atomic E-state index is 12.8. The van der Waals surface area contributed by atoms with Gasteiger partial charge in [-0.2, -0.15) is 0 Å². The molecule has 0 spiro atoms. The van der Waals surface area contributed by atoms with Gasteiger partial charge in [0.15, 0.2) is 5.84 Å². The van der Waals surface area contributed by atoms with Crippen molar-refractivity contribution in [1.29, 1.82) is 0 Å². The average molecular weight is 306 g/mol. The van der Waals surface area contributed by atoms with Crippen molar-refractivity contribution >= 4 is 5.84 Å². The molecule has 0 aromatic heterocycles. The van der Waals surface area contributed by atoms with Crippen LogP contribution in [0.5, 0.6) is 5.75 Å². The zero-order valence-electron chi connectivity index (χ0n) is 11.8. The number of nitrogens with zero attached hydrogens (tertiary/aromatic N) is 1. The molecule has 0 heterocycles. The van der Waals surface area contributed by atoms with Gasteiger partial charge in [0.25, 0.3) is 0 Å². The minimum atomic E-state index is -0.338. The van der Waals surface area contributed by atoms with Crippen LogP contribution in [0, 0.1) is 11.6 Å². The Balaban J connectivity index is 1.67. The quantitative estimate of drug-likeness (QED) is 0.370. The van der Waals surface area contributed by atoms with Crippen LogP contribution in [0.15, 0.2) is 53.7 Å². The molecule has 0 aliphatic heterocycles. The van der Waals surface area contributed by atoms with Crippen molar-refractivity contribution in [2.75, 3.05) is 13.2 Å². The lowest BCUT2D eigenvalue weighted by Gasteiger charge is -2.05. The van der Waals surface area contributed by atoms with Crippen LogP contribution in [0.2, 0.25) is 0 Å². The highest BCUT2D eigenvalue weighted by atomic mass is 19.1.